The molecule has 0 spiro atoms. The highest BCUT2D eigenvalue weighted by atomic mass is 16.7. The van der Waals surface area contributed by atoms with Gasteiger partial charge in [0.05, 0.1) is 11.2 Å². The van der Waals surface area contributed by atoms with E-state index in [1.54, 1.807) is 0 Å². The molecule has 0 radical (unpaired) electrons. The third-order valence-corrected chi connectivity index (χ3v) is 5.30. The fourth-order valence-corrected chi connectivity index (χ4v) is 2.68. The molecule has 1 aliphatic carbocycles. The van der Waals surface area contributed by atoms with Crippen molar-refractivity contribution in [2.24, 2.45) is 5.92 Å². The molecule has 1 saturated heterocycles. The summed E-state index contributed by atoms with van der Waals surface area (Å²) in [4.78, 5) is 11.8. The molecule has 23 heavy (non-hydrogen) atoms. The Labute approximate surface area is 139 Å². The van der Waals surface area contributed by atoms with Crippen LogP contribution in [0.4, 0.5) is 0 Å². The van der Waals surface area contributed by atoms with Gasteiger partial charge in [-0.2, -0.15) is 0 Å². The van der Waals surface area contributed by atoms with Crippen molar-refractivity contribution in [2.45, 2.75) is 65.2 Å². The Morgan fingerprint density at radius 1 is 1.22 bits per heavy atom. The van der Waals surface area contributed by atoms with Crippen molar-refractivity contribution in [2.75, 3.05) is 0 Å². The zero-order valence-electron chi connectivity index (χ0n) is 14.7. The zero-order chi connectivity index (χ0) is 16.8. The summed E-state index contributed by atoms with van der Waals surface area (Å²) in [6.07, 6.45) is 2.05. The number of carbonyl (C=O) groups excluding carboxylic acids is 1. The van der Waals surface area contributed by atoms with E-state index < -0.39 is 0 Å². The quantitative estimate of drug-likeness (QED) is 0.868. The lowest BCUT2D eigenvalue weighted by Gasteiger charge is -2.32. The largest absolute Gasteiger partial charge is 0.494 e. The number of nitrogens with one attached hydrogen (secondary N) is 1. The second-order valence-electron chi connectivity index (χ2n) is 7.77. The van der Waals surface area contributed by atoms with Gasteiger partial charge >= 0.3 is 7.12 Å². The lowest BCUT2D eigenvalue weighted by atomic mass is 9.78. The lowest BCUT2D eigenvalue weighted by molar-refractivity contribution is -0.122. The molecular formula is C18H26BNO3. The number of carbonyl (C=O) groups is 1. The first-order valence-electron chi connectivity index (χ1n) is 8.42. The molecule has 0 atom stereocenters. The molecule has 124 valence electrons. The molecule has 5 heteroatoms. The molecule has 1 aromatic rings. The third kappa shape index (κ3) is 3.31. The number of amides is 1. The van der Waals surface area contributed by atoms with Crippen LogP contribution in [0.1, 0.15) is 51.7 Å². The highest BCUT2D eigenvalue weighted by Crippen LogP contribution is 2.36. The Hall–Kier alpha value is -1.33. The summed E-state index contributed by atoms with van der Waals surface area (Å²) in [7, 11) is -0.363. The van der Waals surface area contributed by atoms with Crippen LogP contribution in [-0.2, 0) is 20.6 Å². The summed E-state index contributed by atoms with van der Waals surface area (Å²) in [5.74, 6) is 0.409. The Bertz CT molecular complexity index is 607. The van der Waals surface area contributed by atoms with Gasteiger partial charge in [0.2, 0.25) is 5.91 Å². The maximum atomic E-state index is 11.8. The maximum Gasteiger partial charge on any atom is 0.494 e. The van der Waals surface area contributed by atoms with Gasteiger partial charge in [-0.25, -0.2) is 0 Å². The first-order valence-corrected chi connectivity index (χ1v) is 8.42. The van der Waals surface area contributed by atoms with Gasteiger partial charge in [0.15, 0.2) is 0 Å². The van der Waals surface area contributed by atoms with Crippen LogP contribution in [0.15, 0.2) is 18.2 Å². The van der Waals surface area contributed by atoms with Crippen LogP contribution in [0.3, 0.4) is 0 Å². The Kier molecular flexibility index (Phi) is 4.05. The van der Waals surface area contributed by atoms with E-state index in [1.807, 2.05) is 6.07 Å². The molecule has 1 heterocycles. The summed E-state index contributed by atoms with van der Waals surface area (Å²) in [6.45, 7) is 10.8. The minimum Gasteiger partial charge on any atom is -0.399 e. The highest BCUT2D eigenvalue weighted by molar-refractivity contribution is 6.62. The van der Waals surface area contributed by atoms with Crippen molar-refractivity contribution in [1.82, 2.24) is 5.32 Å². The first-order chi connectivity index (χ1) is 10.7. The predicted octanol–water partition coefficient (Wildman–Crippen LogP) is 2.32. The van der Waals surface area contributed by atoms with Crippen LogP contribution in [-0.4, -0.2) is 24.2 Å². The van der Waals surface area contributed by atoms with Crippen LogP contribution in [0, 0.1) is 12.8 Å². The topological polar surface area (TPSA) is 47.6 Å². The van der Waals surface area contributed by atoms with Crippen LogP contribution in [0.25, 0.3) is 0 Å². The first kappa shape index (κ1) is 16.5. The summed E-state index contributed by atoms with van der Waals surface area (Å²) < 4.78 is 12.2. The summed E-state index contributed by atoms with van der Waals surface area (Å²) in [5, 5.41) is 3.03. The van der Waals surface area contributed by atoms with E-state index in [0.717, 1.165) is 23.9 Å². The van der Waals surface area contributed by atoms with E-state index in [9.17, 15) is 4.79 Å². The lowest BCUT2D eigenvalue weighted by Crippen LogP contribution is -2.41. The molecule has 2 fully saturated rings. The smallest absolute Gasteiger partial charge is 0.399 e. The number of aryl methyl sites for hydroxylation is 1. The van der Waals surface area contributed by atoms with Gasteiger partial charge < -0.3 is 14.6 Å². The predicted molar refractivity (Wildman–Crippen MR) is 91.5 cm³/mol. The third-order valence-electron chi connectivity index (χ3n) is 5.30. The molecule has 4 nitrogen and oxygen atoms in total. The van der Waals surface area contributed by atoms with Crippen molar-refractivity contribution >= 4 is 18.5 Å². The average molecular weight is 315 g/mol. The van der Waals surface area contributed by atoms with Gasteiger partial charge in [-0.15, -0.1) is 0 Å². The molecule has 1 saturated carbocycles. The molecule has 1 aromatic carbocycles. The second kappa shape index (κ2) is 5.64. The van der Waals surface area contributed by atoms with Crippen molar-refractivity contribution in [3.05, 3.63) is 29.3 Å². The van der Waals surface area contributed by atoms with E-state index in [4.69, 9.17) is 9.31 Å². The minimum absolute atomic E-state index is 0.172. The standard InChI is InChI=1S/C18H26BNO3/c1-12-6-9-15(19-22-17(2,3)18(4,5)23-19)10-14(12)11-20-16(21)13-7-8-13/h6,9-10,13H,7-8,11H2,1-5H3,(H,20,21). The van der Waals surface area contributed by atoms with Crippen LogP contribution in [0.5, 0.6) is 0 Å². The monoisotopic (exact) mass is 315 g/mol. The molecular weight excluding hydrogens is 289 g/mol. The minimum atomic E-state index is -0.363. The van der Waals surface area contributed by atoms with Crippen LogP contribution >= 0.6 is 0 Å². The van der Waals surface area contributed by atoms with E-state index in [-0.39, 0.29) is 30.1 Å². The molecule has 0 unspecified atom stereocenters. The molecule has 0 bridgehead atoms. The molecule has 1 amide bonds. The molecule has 1 aliphatic heterocycles. The fourth-order valence-electron chi connectivity index (χ4n) is 2.68. The Morgan fingerprint density at radius 3 is 2.39 bits per heavy atom. The van der Waals surface area contributed by atoms with E-state index >= 15 is 0 Å². The maximum absolute atomic E-state index is 11.8. The van der Waals surface area contributed by atoms with E-state index in [1.165, 1.54) is 5.56 Å². The molecule has 3 rings (SSSR count). The van der Waals surface area contributed by atoms with Gasteiger partial charge in [-0.05, 0) is 64.1 Å². The number of rotatable bonds is 4. The van der Waals surface area contributed by atoms with Crippen molar-refractivity contribution in [1.29, 1.82) is 0 Å². The Balaban J connectivity index is 1.74. The summed E-state index contributed by atoms with van der Waals surface area (Å²) in [5.41, 5.74) is 2.60. The van der Waals surface area contributed by atoms with Gasteiger partial charge in [-0.3, -0.25) is 4.79 Å². The number of benzene rings is 1. The highest BCUT2D eigenvalue weighted by Gasteiger charge is 2.51. The SMILES string of the molecule is Cc1ccc(B2OC(C)(C)C(C)(C)O2)cc1CNC(=O)C1CC1. The van der Waals surface area contributed by atoms with Crippen molar-refractivity contribution in [3.8, 4) is 0 Å². The van der Waals surface area contributed by atoms with Gasteiger partial charge in [0, 0.05) is 12.5 Å². The summed E-state index contributed by atoms with van der Waals surface area (Å²) in [6, 6.07) is 6.20. The van der Waals surface area contributed by atoms with E-state index in [2.05, 4.69) is 52.1 Å². The summed E-state index contributed by atoms with van der Waals surface area (Å²) >= 11 is 0. The molecule has 2 aliphatic rings. The van der Waals surface area contributed by atoms with Gasteiger partial charge in [-0.1, -0.05) is 18.2 Å². The second-order valence-corrected chi connectivity index (χ2v) is 7.77. The normalized spacial score (nSPS) is 22.2. The fraction of sp³-hybridized carbons (Fsp3) is 0.611. The van der Waals surface area contributed by atoms with Crippen LogP contribution < -0.4 is 10.8 Å². The van der Waals surface area contributed by atoms with Crippen molar-refractivity contribution < 1.29 is 14.1 Å². The van der Waals surface area contributed by atoms with Gasteiger partial charge in [0.1, 0.15) is 0 Å². The Morgan fingerprint density at radius 2 is 1.83 bits per heavy atom. The molecule has 1 N–H and O–H groups in total. The zero-order valence-corrected chi connectivity index (χ0v) is 14.7. The van der Waals surface area contributed by atoms with E-state index in [0.29, 0.717) is 6.54 Å². The number of hydrogen-bond acceptors (Lipinski definition) is 3. The van der Waals surface area contributed by atoms with Crippen LogP contribution in [0.2, 0.25) is 0 Å². The molecule has 0 aromatic heterocycles. The van der Waals surface area contributed by atoms with Crippen molar-refractivity contribution in [3.63, 3.8) is 0 Å². The number of hydrogen-bond donors (Lipinski definition) is 1. The van der Waals surface area contributed by atoms with Gasteiger partial charge in [0.25, 0.3) is 0 Å². The average Bonchev–Trinajstić information content (AvgIpc) is 3.26.